The van der Waals surface area contributed by atoms with Crippen LogP contribution in [0.3, 0.4) is 0 Å². The van der Waals surface area contributed by atoms with Crippen molar-refractivity contribution in [1.29, 1.82) is 0 Å². The standard InChI is InChI=1S/C16H11NO5/c1-7-4-10(7)8-5-11-13(17(20)21)3-2-9-14(11)12(6-8)16(19)22-15(9)18/h2-3,5-7,10H,4H2,1H3. The number of rotatable bonds is 2. The summed E-state index contributed by atoms with van der Waals surface area (Å²) in [4.78, 5) is 34.6. The molecule has 4 rings (SSSR count). The lowest BCUT2D eigenvalue weighted by Gasteiger charge is -2.16. The zero-order chi connectivity index (χ0) is 15.6. The summed E-state index contributed by atoms with van der Waals surface area (Å²) in [5, 5.41) is 11.9. The molecule has 1 heterocycles. The molecular weight excluding hydrogens is 286 g/mol. The molecule has 2 aromatic carbocycles. The van der Waals surface area contributed by atoms with E-state index in [0.29, 0.717) is 22.6 Å². The molecule has 2 aromatic rings. The Bertz CT molecular complexity index is 886. The maximum atomic E-state index is 12.0. The van der Waals surface area contributed by atoms with Crippen molar-refractivity contribution in [3.63, 3.8) is 0 Å². The molecule has 110 valence electrons. The number of benzene rings is 2. The molecule has 2 atom stereocenters. The fraction of sp³-hybridized carbons (Fsp3) is 0.250. The van der Waals surface area contributed by atoms with E-state index < -0.39 is 16.9 Å². The van der Waals surface area contributed by atoms with E-state index in [9.17, 15) is 19.7 Å². The molecule has 1 saturated carbocycles. The van der Waals surface area contributed by atoms with Crippen molar-refractivity contribution in [2.75, 3.05) is 0 Å². The van der Waals surface area contributed by atoms with Crippen molar-refractivity contribution < 1.29 is 19.2 Å². The van der Waals surface area contributed by atoms with Crippen molar-refractivity contribution >= 4 is 28.4 Å². The van der Waals surface area contributed by atoms with Crippen LogP contribution >= 0.6 is 0 Å². The van der Waals surface area contributed by atoms with Crippen LogP contribution in [0.4, 0.5) is 5.69 Å². The lowest BCUT2D eigenvalue weighted by molar-refractivity contribution is -0.383. The van der Waals surface area contributed by atoms with E-state index in [1.54, 1.807) is 12.1 Å². The Labute approximate surface area is 124 Å². The van der Waals surface area contributed by atoms with Crippen LogP contribution in [0.25, 0.3) is 10.8 Å². The molecule has 22 heavy (non-hydrogen) atoms. The van der Waals surface area contributed by atoms with Crippen LogP contribution in [0.15, 0.2) is 24.3 Å². The summed E-state index contributed by atoms with van der Waals surface area (Å²) in [5.41, 5.74) is 1.23. The highest BCUT2D eigenvalue weighted by molar-refractivity contribution is 6.22. The molecular formula is C16H11NO5. The summed E-state index contributed by atoms with van der Waals surface area (Å²) in [6.45, 7) is 2.09. The Morgan fingerprint density at radius 3 is 2.50 bits per heavy atom. The fourth-order valence-electron chi connectivity index (χ4n) is 3.18. The highest BCUT2D eigenvalue weighted by atomic mass is 16.6. The Morgan fingerprint density at radius 2 is 1.86 bits per heavy atom. The topological polar surface area (TPSA) is 86.5 Å². The molecule has 0 aromatic heterocycles. The van der Waals surface area contributed by atoms with Gasteiger partial charge >= 0.3 is 11.9 Å². The van der Waals surface area contributed by atoms with Gasteiger partial charge in [0.2, 0.25) is 0 Å². The molecule has 1 fully saturated rings. The first-order chi connectivity index (χ1) is 10.5. The van der Waals surface area contributed by atoms with Crippen LogP contribution in [0.5, 0.6) is 0 Å². The molecule has 6 nitrogen and oxygen atoms in total. The van der Waals surface area contributed by atoms with Gasteiger partial charge in [-0.25, -0.2) is 9.59 Å². The van der Waals surface area contributed by atoms with E-state index in [4.69, 9.17) is 4.74 Å². The number of non-ortho nitro benzene ring substituents is 1. The first kappa shape index (κ1) is 12.9. The van der Waals surface area contributed by atoms with E-state index >= 15 is 0 Å². The molecule has 2 unspecified atom stereocenters. The van der Waals surface area contributed by atoms with Gasteiger partial charge in [0.15, 0.2) is 0 Å². The first-order valence-corrected chi connectivity index (χ1v) is 6.99. The van der Waals surface area contributed by atoms with Crippen molar-refractivity contribution in [1.82, 2.24) is 0 Å². The number of carbonyl (C=O) groups is 2. The van der Waals surface area contributed by atoms with Gasteiger partial charge in [-0.2, -0.15) is 0 Å². The van der Waals surface area contributed by atoms with Crippen molar-refractivity contribution in [3.8, 4) is 0 Å². The van der Waals surface area contributed by atoms with E-state index in [-0.39, 0.29) is 16.8 Å². The summed E-state index contributed by atoms with van der Waals surface area (Å²) in [5.74, 6) is -0.703. The molecule has 0 N–H and O–H groups in total. The lowest BCUT2D eigenvalue weighted by atomic mass is 9.92. The van der Waals surface area contributed by atoms with E-state index in [1.807, 2.05) is 0 Å². The quantitative estimate of drug-likeness (QED) is 0.368. The molecule has 0 radical (unpaired) electrons. The Hall–Kier alpha value is -2.76. The van der Waals surface area contributed by atoms with Crippen molar-refractivity contribution in [2.24, 2.45) is 5.92 Å². The van der Waals surface area contributed by atoms with Gasteiger partial charge < -0.3 is 4.74 Å². The zero-order valence-electron chi connectivity index (χ0n) is 11.7. The monoisotopic (exact) mass is 297 g/mol. The number of nitro groups is 1. The Kier molecular flexibility index (Phi) is 2.43. The molecule has 0 saturated heterocycles. The smallest absolute Gasteiger partial charge is 0.346 e. The number of nitro benzene ring substituents is 1. The third-order valence-corrected chi connectivity index (χ3v) is 4.47. The minimum absolute atomic E-state index is 0.0994. The van der Waals surface area contributed by atoms with Crippen LogP contribution < -0.4 is 0 Å². The molecule has 0 bridgehead atoms. The molecule has 1 aliphatic carbocycles. The van der Waals surface area contributed by atoms with Crippen LogP contribution in [0.1, 0.15) is 45.5 Å². The summed E-state index contributed by atoms with van der Waals surface area (Å²) < 4.78 is 4.74. The summed E-state index contributed by atoms with van der Waals surface area (Å²) in [6.07, 6.45) is 0.992. The van der Waals surface area contributed by atoms with E-state index in [1.165, 1.54) is 12.1 Å². The first-order valence-electron chi connectivity index (χ1n) is 6.99. The number of cyclic esters (lactones) is 2. The van der Waals surface area contributed by atoms with Crippen LogP contribution in [0.2, 0.25) is 0 Å². The second-order valence-corrected chi connectivity index (χ2v) is 5.88. The number of ether oxygens (including phenoxy) is 1. The van der Waals surface area contributed by atoms with Gasteiger partial charge in [0, 0.05) is 11.5 Å². The zero-order valence-corrected chi connectivity index (χ0v) is 11.7. The van der Waals surface area contributed by atoms with Gasteiger partial charge in [-0.1, -0.05) is 6.92 Å². The second-order valence-electron chi connectivity index (χ2n) is 5.88. The molecule has 6 heteroatoms. The number of nitrogens with zero attached hydrogens (tertiary/aromatic N) is 1. The molecule has 0 spiro atoms. The predicted octanol–water partition coefficient (Wildman–Crippen LogP) is 3.18. The maximum Gasteiger partial charge on any atom is 0.346 e. The second kappa shape index (κ2) is 4.13. The Balaban J connectivity index is 2.11. The average molecular weight is 297 g/mol. The van der Waals surface area contributed by atoms with Crippen molar-refractivity contribution in [2.45, 2.75) is 19.3 Å². The molecule has 0 amide bonds. The third-order valence-electron chi connectivity index (χ3n) is 4.47. The van der Waals surface area contributed by atoms with Gasteiger partial charge in [0.05, 0.1) is 21.4 Å². The number of hydrogen-bond donors (Lipinski definition) is 0. The average Bonchev–Trinajstić information content (AvgIpc) is 3.20. The number of hydrogen-bond acceptors (Lipinski definition) is 5. The van der Waals surface area contributed by atoms with Gasteiger partial charge in [-0.15, -0.1) is 0 Å². The third kappa shape index (κ3) is 1.67. The van der Waals surface area contributed by atoms with Gasteiger partial charge in [-0.05, 0) is 42.0 Å². The number of esters is 2. The number of carbonyl (C=O) groups excluding carboxylic acids is 2. The van der Waals surface area contributed by atoms with Crippen molar-refractivity contribution in [3.05, 3.63) is 51.1 Å². The minimum Gasteiger partial charge on any atom is -0.386 e. The summed E-state index contributed by atoms with van der Waals surface area (Å²) in [6, 6.07) is 6.08. The molecule has 2 aliphatic rings. The van der Waals surface area contributed by atoms with Gasteiger partial charge in [0.1, 0.15) is 0 Å². The van der Waals surface area contributed by atoms with Crippen LogP contribution in [0, 0.1) is 16.0 Å². The van der Waals surface area contributed by atoms with Crippen LogP contribution in [-0.2, 0) is 4.74 Å². The fourth-order valence-corrected chi connectivity index (χ4v) is 3.18. The van der Waals surface area contributed by atoms with Crippen LogP contribution in [-0.4, -0.2) is 16.9 Å². The van der Waals surface area contributed by atoms with E-state index in [2.05, 4.69) is 6.92 Å². The van der Waals surface area contributed by atoms with Gasteiger partial charge in [-0.3, -0.25) is 10.1 Å². The molecule has 1 aliphatic heterocycles. The summed E-state index contributed by atoms with van der Waals surface area (Å²) in [7, 11) is 0. The lowest BCUT2D eigenvalue weighted by Crippen LogP contribution is -2.20. The SMILES string of the molecule is CC1CC1c1cc2c3c(ccc([N+](=O)[O-])c3c1)C(=O)OC2=O. The van der Waals surface area contributed by atoms with E-state index in [0.717, 1.165) is 12.0 Å². The highest BCUT2D eigenvalue weighted by Gasteiger charge is 2.37. The summed E-state index contributed by atoms with van der Waals surface area (Å²) >= 11 is 0. The normalized spacial score (nSPS) is 22.6. The minimum atomic E-state index is -0.759. The maximum absolute atomic E-state index is 12.0. The largest absolute Gasteiger partial charge is 0.386 e. The highest BCUT2D eigenvalue weighted by Crippen LogP contribution is 2.49. The predicted molar refractivity (Wildman–Crippen MR) is 76.9 cm³/mol. The Morgan fingerprint density at radius 1 is 1.18 bits per heavy atom. The van der Waals surface area contributed by atoms with Gasteiger partial charge in [0.25, 0.3) is 5.69 Å².